The fourth-order valence-electron chi connectivity index (χ4n) is 1.67. The fourth-order valence-corrected chi connectivity index (χ4v) is 1.67. The number of nitrogen functional groups attached to an aromatic ring is 1. The molecule has 18 heavy (non-hydrogen) atoms. The van der Waals surface area contributed by atoms with Crippen molar-refractivity contribution in [2.24, 2.45) is 0 Å². The van der Waals surface area contributed by atoms with E-state index in [0.717, 1.165) is 12.1 Å². The number of phenolic OH excluding ortho intramolecular Hbond substituents is 3. The summed E-state index contributed by atoms with van der Waals surface area (Å²) in [6.07, 6.45) is 0. The maximum absolute atomic E-state index is 12.1. The molecule has 0 unspecified atom stereocenters. The second kappa shape index (κ2) is 4.29. The van der Waals surface area contributed by atoms with Crippen LogP contribution in [0.5, 0.6) is 17.2 Å². The summed E-state index contributed by atoms with van der Waals surface area (Å²) in [7, 11) is 0. The molecule has 5 nitrogen and oxygen atoms in total. The predicted octanol–water partition coefficient (Wildman–Crippen LogP) is 1.62. The van der Waals surface area contributed by atoms with Crippen molar-refractivity contribution in [2.45, 2.75) is 0 Å². The number of para-hydroxylation sites is 1. The van der Waals surface area contributed by atoms with Crippen LogP contribution in [-0.2, 0) is 0 Å². The molecule has 0 aromatic heterocycles. The number of rotatable bonds is 2. The number of hydrogen-bond donors (Lipinski definition) is 4. The number of hydrogen-bond acceptors (Lipinski definition) is 5. The summed E-state index contributed by atoms with van der Waals surface area (Å²) < 4.78 is 0. The maximum atomic E-state index is 12.1. The van der Waals surface area contributed by atoms with Gasteiger partial charge < -0.3 is 21.1 Å². The Kier molecular flexibility index (Phi) is 2.81. The van der Waals surface area contributed by atoms with E-state index in [0.29, 0.717) is 0 Å². The molecular formula is C13H11NO4. The van der Waals surface area contributed by atoms with Crippen molar-refractivity contribution in [3.05, 3.63) is 47.5 Å². The van der Waals surface area contributed by atoms with Crippen molar-refractivity contribution < 1.29 is 20.1 Å². The highest BCUT2D eigenvalue weighted by molar-refractivity contribution is 6.14. The zero-order valence-corrected chi connectivity index (χ0v) is 9.29. The van der Waals surface area contributed by atoms with Gasteiger partial charge in [0, 0.05) is 17.8 Å². The molecule has 5 N–H and O–H groups in total. The third-order valence-corrected chi connectivity index (χ3v) is 2.49. The Morgan fingerprint density at radius 2 is 1.50 bits per heavy atom. The van der Waals surface area contributed by atoms with E-state index >= 15 is 0 Å². The monoisotopic (exact) mass is 245 g/mol. The van der Waals surface area contributed by atoms with Crippen LogP contribution in [0.3, 0.4) is 0 Å². The molecule has 0 fully saturated rings. The Balaban J connectivity index is 2.57. The van der Waals surface area contributed by atoms with Gasteiger partial charge in [0.05, 0.1) is 5.56 Å². The van der Waals surface area contributed by atoms with Gasteiger partial charge >= 0.3 is 0 Å². The first-order chi connectivity index (χ1) is 8.50. The normalized spacial score (nSPS) is 10.2. The molecule has 2 aromatic carbocycles. The molecule has 0 amide bonds. The standard InChI is InChI=1S/C13H11NO4/c14-7-5-10(16)12(11(17)6-7)13(18)8-3-1-2-4-9(8)15/h1-6,15-17H,14H2. The fraction of sp³-hybridized carbons (Fsp3) is 0. The van der Waals surface area contributed by atoms with Crippen LogP contribution in [0, 0.1) is 0 Å². The van der Waals surface area contributed by atoms with E-state index in [1.54, 1.807) is 12.1 Å². The van der Waals surface area contributed by atoms with E-state index in [-0.39, 0.29) is 22.6 Å². The number of anilines is 1. The minimum absolute atomic E-state index is 0.00660. The summed E-state index contributed by atoms with van der Waals surface area (Å²) in [5.41, 5.74) is 5.26. The third kappa shape index (κ3) is 1.93. The number of ketones is 1. The molecule has 0 saturated carbocycles. The van der Waals surface area contributed by atoms with Crippen LogP contribution in [0.25, 0.3) is 0 Å². The summed E-state index contributed by atoms with van der Waals surface area (Å²) in [5.74, 6) is -1.76. The lowest BCUT2D eigenvalue weighted by Crippen LogP contribution is -2.03. The topological polar surface area (TPSA) is 104 Å². The quantitative estimate of drug-likeness (QED) is 0.475. The SMILES string of the molecule is Nc1cc(O)c(C(=O)c2ccccc2O)c(O)c1. The van der Waals surface area contributed by atoms with Crippen molar-refractivity contribution in [1.82, 2.24) is 0 Å². The average Bonchev–Trinajstić information content (AvgIpc) is 2.27. The van der Waals surface area contributed by atoms with E-state index in [1.807, 2.05) is 0 Å². The Morgan fingerprint density at radius 1 is 0.944 bits per heavy atom. The summed E-state index contributed by atoms with van der Waals surface area (Å²) >= 11 is 0. The lowest BCUT2D eigenvalue weighted by Gasteiger charge is -2.08. The second-order valence-corrected chi connectivity index (χ2v) is 3.78. The van der Waals surface area contributed by atoms with Crippen molar-refractivity contribution in [3.63, 3.8) is 0 Å². The summed E-state index contributed by atoms with van der Waals surface area (Å²) in [4.78, 5) is 12.1. The molecule has 0 bridgehead atoms. The predicted molar refractivity (Wildman–Crippen MR) is 65.7 cm³/mol. The van der Waals surface area contributed by atoms with Gasteiger partial charge in [-0.3, -0.25) is 4.79 Å². The maximum Gasteiger partial charge on any atom is 0.204 e. The molecule has 0 radical (unpaired) electrons. The van der Waals surface area contributed by atoms with Gasteiger partial charge in [-0.15, -0.1) is 0 Å². The molecule has 2 aromatic rings. The Bertz CT molecular complexity index is 599. The van der Waals surface area contributed by atoms with Crippen LogP contribution in [0.2, 0.25) is 0 Å². The molecular weight excluding hydrogens is 234 g/mol. The lowest BCUT2D eigenvalue weighted by molar-refractivity contribution is 0.103. The van der Waals surface area contributed by atoms with Crippen LogP contribution >= 0.6 is 0 Å². The van der Waals surface area contributed by atoms with Crippen LogP contribution < -0.4 is 5.73 Å². The first kappa shape index (κ1) is 11.8. The van der Waals surface area contributed by atoms with E-state index in [4.69, 9.17) is 5.73 Å². The van der Waals surface area contributed by atoms with Crippen molar-refractivity contribution in [1.29, 1.82) is 0 Å². The van der Waals surface area contributed by atoms with E-state index in [9.17, 15) is 20.1 Å². The molecule has 0 atom stereocenters. The van der Waals surface area contributed by atoms with Gasteiger partial charge in [0.1, 0.15) is 22.8 Å². The summed E-state index contributed by atoms with van der Waals surface area (Å²) in [5, 5.41) is 28.9. The molecule has 0 aliphatic rings. The number of phenols is 3. The number of benzene rings is 2. The van der Waals surface area contributed by atoms with Gasteiger partial charge in [-0.2, -0.15) is 0 Å². The molecule has 0 aliphatic carbocycles. The first-order valence-corrected chi connectivity index (χ1v) is 5.15. The molecule has 0 aliphatic heterocycles. The van der Waals surface area contributed by atoms with Gasteiger partial charge in [0.25, 0.3) is 0 Å². The molecule has 5 heteroatoms. The Labute approximate surface area is 103 Å². The molecule has 0 spiro atoms. The summed E-state index contributed by atoms with van der Waals surface area (Å²) in [6, 6.07) is 8.19. The van der Waals surface area contributed by atoms with Gasteiger partial charge in [0.15, 0.2) is 0 Å². The number of carbonyl (C=O) groups is 1. The average molecular weight is 245 g/mol. The zero-order valence-electron chi connectivity index (χ0n) is 9.29. The molecule has 0 heterocycles. The van der Waals surface area contributed by atoms with Crippen LogP contribution in [0.1, 0.15) is 15.9 Å². The van der Waals surface area contributed by atoms with Gasteiger partial charge in [-0.1, -0.05) is 12.1 Å². The van der Waals surface area contributed by atoms with E-state index in [1.165, 1.54) is 12.1 Å². The summed E-state index contributed by atoms with van der Waals surface area (Å²) in [6.45, 7) is 0. The smallest absolute Gasteiger partial charge is 0.204 e. The van der Waals surface area contributed by atoms with Crippen molar-refractivity contribution in [2.75, 3.05) is 5.73 Å². The Hall–Kier alpha value is -2.69. The highest BCUT2D eigenvalue weighted by Gasteiger charge is 2.21. The van der Waals surface area contributed by atoms with Gasteiger partial charge in [0.2, 0.25) is 5.78 Å². The lowest BCUT2D eigenvalue weighted by atomic mass is 10.0. The molecule has 2 rings (SSSR count). The van der Waals surface area contributed by atoms with E-state index in [2.05, 4.69) is 0 Å². The first-order valence-electron chi connectivity index (χ1n) is 5.15. The van der Waals surface area contributed by atoms with Gasteiger partial charge in [-0.25, -0.2) is 0 Å². The Morgan fingerprint density at radius 3 is 2.06 bits per heavy atom. The highest BCUT2D eigenvalue weighted by atomic mass is 16.3. The highest BCUT2D eigenvalue weighted by Crippen LogP contribution is 2.33. The number of nitrogens with two attached hydrogens (primary N) is 1. The zero-order chi connectivity index (χ0) is 13.3. The van der Waals surface area contributed by atoms with Gasteiger partial charge in [-0.05, 0) is 12.1 Å². The third-order valence-electron chi connectivity index (χ3n) is 2.49. The molecule has 0 saturated heterocycles. The van der Waals surface area contributed by atoms with Crippen molar-refractivity contribution in [3.8, 4) is 17.2 Å². The van der Waals surface area contributed by atoms with E-state index < -0.39 is 17.3 Å². The van der Waals surface area contributed by atoms with Crippen molar-refractivity contribution >= 4 is 11.5 Å². The molecule has 92 valence electrons. The largest absolute Gasteiger partial charge is 0.507 e. The number of aromatic hydroxyl groups is 3. The number of carbonyl (C=O) groups excluding carboxylic acids is 1. The van der Waals surface area contributed by atoms with Crippen LogP contribution in [-0.4, -0.2) is 21.1 Å². The van der Waals surface area contributed by atoms with Crippen LogP contribution in [0.4, 0.5) is 5.69 Å². The van der Waals surface area contributed by atoms with Crippen LogP contribution in [0.15, 0.2) is 36.4 Å². The minimum atomic E-state index is -0.678. The second-order valence-electron chi connectivity index (χ2n) is 3.78. The minimum Gasteiger partial charge on any atom is -0.507 e.